The number of aliphatic hydroxyl groups excluding tert-OH is 1. The minimum absolute atomic E-state index is 0.318. The Bertz CT molecular complexity index is 668. The normalized spacial score (nSPS) is 35.0. The second-order valence-corrected chi connectivity index (χ2v) is 6.84. The highest BCUT2D eigenvalue weighted by molar-refractivity contribution is 5.92. The number of fused-ring (bicyclic) bond motifs is 1. The van der Waals surface area contributed by atoms with Crippen molar-refractivity contribution in [1.29, 1.82) is 0 Å². The number of hydrogen-bond donors (Lipinski definition) is 1. The lowest BCUT2D eigenvalue weighted by molar-refractivity contribution is -0.147. The zero-order chi connectivity index (χ0) is 18.7. The summed E-state index contributed by atoms with van der Waals surface area (Å²) in [4.78, 5) is 24.3. The molecule has 1 aliphatic heterocycles. The van der Waals surface area contributed by atoms with Gasteiger partial charge in [-0.1, -0.05) is 29.9 Å². The molecule has 136 valence electrons. The van der Waals surface area contributed by atoms with E-state index in [1.54, 1.807) is 26.0 Å². The van der Waals surface area contributed by atoms with Crippen molar-refractivity contribution in [2.24, 2.45) is 5.92 Å². The molecule has 5 heteroatoms. The van der Waals surface area contributed by atoms with E-state index in [0.717, 1.165) is 11.1 Å². The van der Waals surface area contributed by atoms with Crippen LogP contribution in [0.3, 0.4) is 0 Å². The van der Waals surface area contributed by atoms with Crippen LogP contribution in [0.1, 0.15) is 40.5 Å². The third kappa shape index (κ3) is 4.48. The van der Waals surface area contributed by atoms with Crippen molar-refractivity contribution in [2.75, 3.05) is 0 Å². The molecule has 1 aliphatic carbocycles. The van der Waals surface area contributed by atoms with Crippen molar-refractivity contribution in [3.8, 4) is 0 Å². The van der Waals surface area contributed by atoms with Gasteiger partial charge in [-0.2, -0.15) is 0 Å². The molecule has 0 saturated carbocycles. The van der Waals surface area contributed by atoms with Crippen LogP contribution in [-0.4, -0.2) is 35.4 Å². The van der Waals surface area contributed by atoms with Gasteiger partial charge >= 0.3 is 11.9 Å². The third-order valence-electron chi connectivity index (χ3n) is 4.66. The Balaban J connectivity index is 2.42. The molecule has 0 bridgehead atoms. The highest BCUT2D eigenvalue weighted by Gasteiger charge is 2.44. The Kier molecular flexibility index (Phi) is 6.01. The smallest absolute Gasteiger partial charge is 0.334 e. The van der Waals surface area contributed by atoms with Crippen molar-refractivity contribution in [3.63, 3.8) is 0 Å². The van der Waals surface area contributed by atoms with E-state index in [1.807, 2.05) is 19.9 Å². The Labute approximate surface area is 148 Å². The van der Waals surface area contributed by atoms with Gasteiger partial charge in [0, 0.05) is 17.6 Å². The molecule has 1 fully saturated rings. The second-order valence-electron chi connectivity index (χ2n) is 6.84. The van der Waals surface area contributed by atoms with E-state index in [2.05, 4.69) is 6.58 Å². The minimum Gasteiger partial charge on any atom is -0.458 e. The van der Waals surface area contributed by atoms with Crippen molar-refractivity contribution in [2.45, 2.75) is 58.8 Å². The molecule has 0 aromatic heterocycles. The zero-order valence-corrected chi connectivity index (χ0v) is 15.2. The number of carbonyl (C=O) groups is 2. The summed E-state index contributed by atoms with van der Waals surface area (Å²) >= 11 is 0. The first kappa shape index (κ1) is 19.2. The molecule has 0 unspecified atom stereocenters. The lowest BCUT2D eigenvalue weighted by atomic mass is 9.85. The molecule has 2 aliphatic rings. The topological polar surface area (TPSA) is 72.8 Å². The predicted octanol–water partition coefficient (Wildman–Crippen LogP) is 3.01. The van der Waals surface area contributed by atoms with Crippen LogP contribution in [-0.2, 0) is 19.1 Å². The van der Waals surface area contributed by atoms with E-state index in [4.69, 9.17) is 9.47 Å². The van der Waals surface area contributed by atoms with Gasteiger partial charge in [0.15, 0.2) is 0 Å². The number of hydrogen-bond acceptors (Lipinski definition) is 5. The number of carbonyl (C=O) groups excluding carboxylic acids is 2. The second kappa shape index (κ2) is 7.83. The Morgan fingerprint density at radius 1 is 1.32 bits per heavy atom. The number of allylic oxidation sites excluding steroid dienone is 1. The molecule has 2 rings (SSSR count). The van der Waals surface area contributed by atoms with Crippen LogP contribution in [0.15, 0.2) is 47.1 Å². The van der Waals surface area contributed by atoms with Crippen LogP contribution < -0.4 is 0 Å². The SMILES string of the molecule is C=C1C(=O)O[C@@H]2/C=C(\C)C[C@@H](O)/C=C(\C)C[C@@H](OC(=O)/C(C)=C/C)[C@H]12. The molecule has 25 heavy (non-hydrogen) atoms. The Hall–Kier alpha value is -2.14. The quantitative estimate of drug-likeness (QED) is 0.473. The Morgan fingerprint density at radius 2 is 1.96 bits per heavy atom. The first-order valence-electron chi connectivity index (χ1n) is 8.49. The summed E-state index contributed by atoms with van der Waals surface area (Å²) < 4.78 is 11.1. The fraction of sp³-hybridized carbons (Fsp3) is 0.500. The predicted molar refractivity (Wildman–Crippen MR) is 94.6 cm³/mol. The van der Waals surface area contributed by atoms with Gasteiger partial charge in [0.25, 0.3) is 0 Å². The number of esters is 2. The molecule has 0 aromatic rings. The molecule has 0 spiro atoms. The highest BCUT2D eigenvalue weighted by Crippen LogP contribution is 2.36. The van der Waals surface area contributed by atoms with Gasteiger partial charge in [-0.3, -0.25) is 0 Å². The molecule has 1 N–H and O–H groups in total. The average molecular weight is 346 g/mol. The fourth-order valence-corrected chi connectivity index (χ4v) is 3.22. The summed E-state index contributed by atoms with van der Waals surface area (Å²) in [7, 11) is 0. The van der Waals surface area contributed by atoms with Gasteiger partial charge in [0.2, 0.25) is 0 Å². The van der Waals surface area contributed by atoms with E-state index in [9.17, 15) is 14.7 Å². The first-order valence-corrected chi connectivity index (χ1v) is 8.49. The van der Waals surface area contributed by atoms with Crippen molar-refractivity contribution in [3.05, 3.63) is 47.1 Å². The highest BCUT2D eigenvalue weighted by atomic mass is 16.6. The van der Waals surface area contributed by atoms with Gasteiger partial charge in [0.1, 0.15) is 12.2 Å². The van der Waals surface area contributed by atoms with E-state index in [-0.39, 0.29) is 0 Å². The van der Waals surface area contributed by atoms with Gasteiger partial charge < -0.3 is 14.6 Å². The number of rotatable bonds is 2. The van der Waals surface area contributed by atoms with E-state index in [0.29, 0.717) is 24.0 Å². The van der Waals surface area contributed by atoms with Crippen LogP contribution in [0.4, 0.5) is 0 Å². The van der Waals surface area contributed by atoms with Crippen LogP contribution >= 0.6 is 0 Å². The molecule has 1 saturated heterocycles. The fourth-order valence-electron chi connectivity index (χ4n) is 3.22. The third-order valence-corrected chi connectivity index (χ3v) is 4.66. The first-order chi connectivity index (χ1) is 11.7. The van der Waals surface area contributed by atoms with Gasteiger partial charge in [-0.05, 0) is 40.2 Å². The largest absolute Gasteiger partial charge is 0.458 e. The lowest BCUT2D eigenvalue weighted by Crippen LogP contribution is -2.34. The minimum atomic E-state index is -0.623. The molecule has 4 atom stereocenters. The number of aliphatic hydroxyl groups is 1. The van der Waals surface area contributed by atoms with Gasteiger partial charge in [0.05, 0.1) is 12.0 Å². The molecule has 0 radical (unpaired) electrons. The standard InChI is InChI=1S/C20H26O5/c1-6-13(4)19(22)24-16-9-11(2)7-15(21)8-12(3)10-17-18(16)14(5)20(23)25-17/h6-7,10,15-18,21H,5,8-9H2,1-4H3/b11-7+,12-10+,13-6+/t15-,16+,17+,18-/m0/s1. The molecule has 5 nitrogen and oxygen atoms in total. The van der Waals surface area contributed by atoms with E-state index >= 15 is 0 Å². The van der Waals surface area contributed by atoms with Crippen molar-refractivity contribution < 1.29 is 24.2 Å². The van der Waals surface area contributed by atoms with Gasteiger partial charge in [-0.25, -0.2) is 9.59 Å². The van der Waals surface area contributed by atoms with Crippen LogP contribution in [0.2, 0.25) is 0 Å². The maximum Gasteiger partial charge on any atom is 0.334 e. The molecular formula is C20H26O5. The summed E-state index contributed by atoms with van der Waals surface area (Å²) in [5.74, 6) is -1.33. The summed E-state index contributed by atoms with van der Waals surface area (Å²) in [5.41, 5.74) is 2.62. The molecular weight excluding hydrogens is 320 g/mol. The summed E-state index contributed by atoms with van der Waals surface area (Å²) in [6.07, 6.45) is 4.39. The zero-order valence-electron chi connectivity index (χ0n) is 15.2. The van der Waals surface area contributed by atoms with Gasteiger partial charge in [-0.15, -0.1) is 0 Å². The monoisotopic (exact) mass is 346 g/mol. The summed E-state index contributed by atoms with van der Waals surface area (Å²) in [6, 6.07) is 0. The molecule has 0 amide bonds. The van der Waals surface area contributed by atoms with Crippen molar-refractivity contribution in [1.82, 2.24) is 0 Å². The average Bonchev–Trinajstić information content (AvgIpc) is 2.78. The van der Waals surface area contributed by atoms with E-state index in [1.165, 1.54) is 0 Å². The van der Waals surface area contributed by atoms with Crippen LogP contribution in [0.5, 0.6) is 0 Å². The summed E-state index contributed by atoms with van der Waals surface area (Å²) in [5, 5.41) is 10.2. The van der Waals surface area contributed by atoms with E-state index < -0.39 is 36.2 Å². The van der Waals surface area contributed by atoms with Crippen LogP contribution in [0, 0.1) is 5.92 Å². The maximum absolute atomic E-state index is 12.3. The number of ether oxygens (including phenoxy) is 2. The lowest BCUT2D eigenvalue weighted by Gasteiger charge is -2.28. The Morgan fingerprint density at radius 3 is 2.60 bits per heavy atom. The maximum atomic E-state index is 12.3. The summed E-state index contributed by atoms with van der Waals surface area (Å²) in [6.45, 7) is 11.1. The van der Waals surface area contributed by atoms with Crippen LogP contribution in [0.25, 0.3) is 0 Å². The molecule has 1 heterocycles. The molecule has 0 aromatic carbocycles. The van der Waals surface area contributed by atoms with Crippen molar-refractivity contribution >= 4 is 11.9 Å².